The molecular weight excluding hydrogens is 347 g/mol. The first-order valence-corrected chi connectivity index (χ1v) is 8.83. The van der Waals surface area contributed by atoms with Crippen LogP contribution in [0, 0.1) is 0 Å². The minimum absolute atomic E-state index is 0.109. The van der Waals surface area contributed by atoms with E-state index in [4.69, 9.17) is 23.2 Å². The number of hydrogen-bond donors (Lipinski definition) is 2. The molecule has 128 valence electrons. The van der Waals surface area contributed by atoms with Gasteiger partial charge in [-0.25, -0.2) is 0 Å². The Morgan fingerprint density at radius 3 is 3.04 bits per heavy atom. The minimum Gasteiger partial charge on any atom is -0.350 e. The maximum absolute atomic E-state index is 12.1. The zero-order valence-electron chi connectivity index (χ0n) is 13.3. The number of nitrogens with one attached hydrogen (secondary N) is 2. The van der Waals surface area contributed by atoms with Crippen LogP contribution in [0.1, 0.15) is 30.0 Å². The number of nitrogens with zero attached hydrogens (tertiary/aromatic N) is 2. The molecule has 5 nitrogen and oxygen atoms in total. The van der Waals surface area contributed by atoms with E-state index in [0.717, 1.165) is 30.8 Å². The third-order valence-electron chi connectivity index (χ3n) is 4.19. The van der Waals surface area contributed by atoms with Crippen molar-refractivity contribution in [3.8, 4) is 0 Å². The molecule has 1 fully saturated rings. The van der Waals surface area contributed by atoms with Crippen molar-refractivity contribution in [1.29, 1.82) is 0 Å². The molecule has 0 saturated carbocycles. The van der Waals surface area contributed by atoms with Gasteiger partial charge in [0.25, 0.3) is 0 Å². The Kier molecular flexibility index (Phi) is 5.76. The fourth-order valence-corrected chi connectivity index (χ4v) is 3.26. The van der Waals surface area contributed by atoms with Crippen LogP contribution in [-0.4, -0.2) is 28.8 Å². The highest BCUT2D eigenvalue weighted by molar-refractivity contribution is 6.42. The van der Waals surface area contributed by atoms with Crippen LogP contribution in [0.25, 0.3) is 0 Å². The predicted octanol–water partition coefficient (Wildman–Crippen LogP) is 2.97. The van der Waals surface area contributed by atoms with E-state index in [0.29, 0.717) is 22.5 Å². The Hall–Kier alpha value is -1.56. The monoisotopic (exact) mass is 366 g/mol. The van der Waals surface area contributed by atoms with Crippen LogP contribution in [0.15, 0.2) is 30.5 Å². The first kappa shape index (κ1) is 17.3. The minimum atomic E-state index is -0.109. The Labute approximate surface area is 151 Å². The number of hydrogen-bond acceptors (Lipinski definition) is 3. The Balaban J connectivity index is 1.53. The summed E-state index contributed by atoms with van der Waals surface area (Å²) < 4.78 is 1.68. The molecule has 0 aliphatic carbocycles. The highest BCUT2D eigenvalue weighted by Crippen LogP contribution is 2.25. The van der Waals surface area contributed by atoms with E-state index < -0.39 is 0 Å². The Morgan fingerprint density at radius 1 is 1.38 bits per heavy atom. The van der Waals surface area contributed by atoms with Crippen molar-refractivity contribution in [2.45, 2.75) is 31.8 Å². The van der Waals surface area contributed by atoms with Crippen LogP contribution in [-0.2, 0) is 17.9 Å². The van der Waals surface area contributed by atoms with Gasteiger partial charge in [-0.3, -0.25) is 9.48 Å². The maximum Gasteiger partial charge on any atom is 0.241 e. The molecule has 1 aliphatic heterocycles. The SMILES string of the molecule is O=C(Cn1ccc([C@H]2CCCNC2)n1)NCc1cccc(Cl)c1Cl. The lowest BCUT2D eigenvalue weighted by Crippen LogP contribution is -2.29. The number of carbonyl (C=O) groups excluding carboxylic acids is 1. The zero-order valence-corrected chi connectivity index (χ0v) is 14.8. The van der Waals surface area contributed by atoms with E-state index >= 15 is 0 Å². The van der Waals surface area contributed by atoms with Crippen LogP contribution in [0.3, 0.4) is 0 Å². The van der Waals surface area contributed by atoms with Gasteiger partial charge in [-0.1, -0.05) is 35.3 Å². The zero-order chi connectivity index (χ0) is 16.9. The van der Waals surface area contributed by atoms with Gasteiger partial charge in [-0.05, 0) is 37.1 Å². The molecule has 1 atom stereocenters. The molecule has 2 heterocycles. The van der Waals surface area contributed by atoms with Gasteiger partial charge in [0.05, 0.1) is 15.7 Å². The van der Waals surface area contributed by atoms with Gasteiger partial charge in [0.2, 0.25) is 5.91 Å². The van der Waals surface area contributed by atoms with E-state index in [-0.39, 0.29) is 12.5 Å². The summed E-state index contributed by atoms with van der Waals surface area (Å²) in [6.45, 7) is 2.57. The lowest BCUT2D eigenvalue weighted by Gasteiger charge is -2.20. The van der Waals surface area contributed by atoms with Crippen molar-refractivity contribution in [2.24, 2.45) is 0 Å². The van der Waals surface area contributed by atoms with Gasteiger partial charge >= 0.3 is 0 Å². The molecule has 1 aliphatic rings. The molecule has 0 bridgehead atoms. The van der Waals surface area contributed by atoms with E-state index in [1.807, 2.05) is 24.4 Å². The number of rotatable bonds is 5. The Bertz CT molecular complexity index is 710. The third kappa shape index (κ3) is 4.29. The average Bonchev–Trinajstić information content (AvgIpc) is 3.05. The molecule has 1 aromatic heterocycles. The molecule has 1 aromatic carbocycles. The molecule has 1 amide bonds. The van der Waals surface area contributed by atoms with E-state index in [1.165, 1.54) is 6.42 Å². The van der Waals surface area contributed by atoms with Gasteiger partial charge < -0.3 is 10.6 Å². The highest BCUT2D eigenvalue weighted by Gasteiger charge is 2.17. The molecule has 3 rings (SSSR count). The summed E-state index contributed by atoms with van der Waals surface area (Å²) in [5.74, 6) is 0.329. The molecule has 0 radical (unpaired) electrons. The van der Waals surface area contributed by atoms with Crippen molar-refractivity contribution < 1.29 is 4.79 Å². The summed E-state index contributed by atoms with van der Waals surface area (Å²) in [5, 5.41) is 11.7. The summed E-state index contributed by atoms with van der Waals surface area (Å²) in [4.78, 5) is 12.1. The van der Waals surface area contributed by atoms with Crippen molar-refractivity contribution in [1.82, 2.24) is 20.4 Å². The standard InChI is InChI=1S/C17H20Cl2N4O/c18-14-5-1-3-13(17(14)19)10-21-16(24)11-23-8-6-15(22-23)12-4-2-7-20-9-12/h1,3,5-6,8,12,20H,2,4,7,9-11H2,(H,21,24)/t12-/m0/s1. The molecule has 24 heavy (non-hydrogen) atoms. The summed E-state index contributed by atoms with van der Waals surface area (Å²) >= 11 is 12.1. The second-order valence-electron chi connectivity index (χ2n) is 5.97. The molecule has 2 aromatic rings. The molecule has 0 unspecified atom stereocenters. The first-order valence-electron chi connectivity index (χ1n) is 8.07. The summed E-state index contributed by atoms with van der Waals surface area (Å²) in [6, 6.07) is 7.38. The molecule has 7 heteroatoms. The van der Waals surface area contributed by atoms with Gasteiger partial charge in [0, 0.05) is 25.2 Å². The normalized spacial score (nSPS) is 17.7. The van der Waals surface area contributed by atoms with Gasteiger partial charge in [-0.15, -0.1) is 0 Å². The number of aromatic nitrogens is 2. The lowest BCUT2D eigenvalue weighted by atomic mass is 9.97. The van der Waals surface area contributed by atoms with Crippen LogP contribution < -0.4 is 10.6 Å². The fraction of sp³-hybridized carbons (Fsp3) is 0.412. The highest BCUT2D eigenvalue weighted by atomic mass is 35.5. The maximum atomic E-state index is 12.1. The van der Waals surface area contributed by atoms with Crippen molar-refractivity contribution in [3.05, 3.63) is 51.8 Å². The van der Waals surface area contributed by atoms with Crippen LogP contribution in [0.2, 0.25) is 10.0 Å². The first-order chi connectivity index (χ1) is 11.6. The number of amides is 1. The smallest absolute Gasteiger partial charge is 0.241 e. The molecule has 2 N–H and O–H groups in total. The van der Waals surface area contributed by atoms with E-state index in [1.54, 1.807) is 10.7 Å². The second-order valence-corrected chi connectivity index (χ2v) is 6.76. The molecule has 1 saturated heterocycles. The fourth-order valence-electron chi connectivity index (χ4n) is 2.87. The van der Waals surface area contributed by atoms with Crippen molar-refractivity contribution >= 4 is 29.1 Å². The number of piperidine rings is 1. The molecular formula is C17H20Cl2N4O. The van der Waals surface area contributed by atoms with E-state index in [9.17, 15) is 4.79 Å². The summed E-state index contributed by atoms with van der Waals surface area (Å²) in [7, 11) is 0. The Morgan fingerprint density at radius 2 is 2.25 bits per heavy atom. The number of benzene rings is 1. The van der Waals surface area contributed by atoms with Crippen molar-refractivity contribution in [3.63, 3.8) is 0 Å². The van der Waals surface area contributed by atoms with Gasteiger partial charge in [0.15, 0.2) is 0 Å². The number of carbonyl (C=O) groups is 1. The summed E-state index contributed by atoms with van der Waals surface area (Å²) in [5.41, 5.74) is 1.85. The lowest BCUT2D eigenvalue weighted by molar-refractivity contribution is -0.122. The third-order valence-corrected chi connectivity index (χ3v) is 5.05. The van der Waals surface area contributed by atoms with Crippen LogP contribution in [0.4, 0.5) is 0 Å². The quantitative estimate of drug-likeness (QED) is 0.854. The van der Waals surface area contributed by atoms with Crippen molar-refractivity contribution in [2.75, 3.05) is 13.1 Å². The predicted molar refractivity (Wildman–Crippen MR) is 95.4 cm³/mol. The second kappa shape index (κ2) is 8.01. The van der Waals surface area contributed by atoms with Crippen LogP contribution >= 0.6 is 23.2 Å². The van der Waals surface area contributed by atoms with Gasteiger partial charge in [0.1, 0.15) is 6.54 Å². The van der Waals surface area contributed by atoms with Gasteiger partial charge in [-0.2, -0.15) is 5.10 Å². The summed E-state index contributed by atoms with van der Waals surface area (Å²) in [6.07, 6.45) is 4.16. The largest absolute Gasteiger partial charge is 0.350 e. The van der Waals surface area contributed by atoms with Crippen LogP contribution in [0.5, 0.6) is 0 Å². The topological polar surface area (TPSA) is 59.0 Å². The number of halogens is 2. The van der Waals surface area contributed by atoms with E-state index in [2.05, 4.69) is 15.7 Å². The average molecular weight is 367 g/mol. The molecule has 0 spiro atoms.